The van der Waals surface area contributed by atoms with Crippen LogP contribution in [0.25, 0.3) is 0 Å². The molecular weight excluding hydrogens is 310 g/mol. The molecule has 1 fully saturated rings. The standard InChI is InChI=1S/C15H16ClNO5/c16-10-6-9(7-11-12(10)22-5-1-4-21-11)8-17-13(18)15(2-3-15)14(19)20/h6-7H,1-5,8H2,(H,17,18)(H,19,20). The van der Waals surface area contributed by atoms with Crippen molar-refractivity contribution in [3.8, 4) is 11.5 Å². The Balaban J connectivity index is 1.71. The lowest BCUT2D eigenvalue weighted by molar-refractivity contribution is -0.149. The van der Waals surface area contributed by atoms with Crippen LogP contribution in [-0.2, 0) is 16.1 Å². The Bertz CT molecular complexity index is 627. The molecular formula is C15H16ClNO5. The maximum atomic E-state index is 12.0. The number of ether oxygens (including phenoxy) is 2. The maximum absolute atomic E-state index is 12.0. The van der Waals surface area contributed by atoms with Gasteiger partial charge in [-0.05, 0) is 30.5 Å². The van der Waals surface area contributed by atoms with Crippen molar-refractivity contribution in [2.75, 3.05) is 13.2 Å². The molecule has 1 aliphatic heterocycles. The molecule has 2 N–H and O–H groups in total. The summed E-state index contributed by atoms with van der Waals surface area (Å²) < 4.78 is 11.1. The summed E-state index contributed by atoms with van der Waals surface area (Å²) in [6, 6.07) is 3.45. The van der Waals surface area contributed by atoms with E-state index in [4.69, 9.17) is 26.2 Å². The normalized spacial score (nSPS) is 18.2. The van der Waals surface area contributed by atoms with Gasteiger partial charge in [0, 0.05) is 13.0 Å². The molecule has 1 aromatic carbocycles. The van der Waals surface area contributed by atoms with E-state index < -0.39 is 17.3 Å². The predicted octanol–water partition coefficient (Wildman–Crippen LogP) is 1.98. The van der Waals surface area contributed by atoms with Gasteiger partial charge < -0.3 is 19.9 Å². The lowest BCUT2D eigenvalue weighted by Crippen LogP contribution is -2.36. The van der Waals surface area contributed by atoms with Crippen LogP contribution < -0.4 is 14.8 Å². The third kappa shape index (κ3) is 2.70. The van der Waals surface area contributed by atoms with E-state index in [0.717, 1.165) is 12.0 Å². The lowest BCUT2D eigenvalue weighted by atomic mass is 10.1. The van der Waals surface area contributed by atoms with Crippen molar-refractivity contribution in [3.05, 3.63) is 22.7 Å². The summed E-state index contributed by atoms with van der Waals surface area (Å²) in [7, 11) is 0. The number of carbonyl (C=O) groups excluding carboxylic acids is 1. The number of hydrogen-bond donors (Lipinski definition) is 2. The van der Waals surface area contributed by atoms with Crippen LogP contribution in [0.15, 0.2) is 12.1 Å². The Morgan fingerprint density at radius 2 is 2.00 bits per heavy atom. The van der Waals surface area contributed by atoms with Gasteiger partial charge >= 0.3 is 5.97 Å². The van der Waals surface area contributed by atoms with Crippen molar-refractivity contribution in [2.45, 2.75) is 25.8 Å². The van der Waals surface area contributed by atoms with Crippen LogP contribution in [0.4, 0.5) is 0 Å². The van der Waals surface area contributed by atoms with Crippen molar-refractivity contribution in [1.29, 1.82) is 0 Å². The molecule has 0 aromatic heterocycles. The van der Waals surface area contributed by atoms with E-state index in [0.29, 0.717) is 42.6 Å². The van der Waals surface area contributed by atoms with Gasteiger partial charge in [-0.15, -0.1) is 0 Å². The first-order chi connectivity index (χ1) is 10.5. The molecule has 1 heterocycles. The van der Waals surface area contributed by atoms with Gasteiger partial charge in [-0.3, -0.25) is 9.59 Å². The average molecular weight is 326 g/mol. The predicted molar refractivity (Wildman–Crippen MR) is 78.2 cm³/mol. The zero-order valence-corrected chi connectivity index (χ0v) is 12.6. The monoisotopic (exact) mass is 325 g/mol. The van der Waals surface area contributed by atoms with E-state index in [9.17, 15) is 9.59 Å². The molecule has 1 amide bonds. The average Bonchev–Trinajstić information content (AvgIpc) is 3.29. The van der Waals surface area contributed by atoms with Crippen LogP contribution in [0.1, 0.15) is 24.8 Å². The number of hydrogen-bond acceptors (Lipinski definition) is 4. The summed E-state index contributed by atoms with van der Waals surface area (Å²) in [5.74, 6) is -0.461. The molecule has 7 heteroatoms. The molecule has 0 spiro atoms. The van der Waals surface area contributed by atoms with Crippen molar-refractivity contribution in [2.24, 2.45) is 5.41 Å². The smallest absolute Gasteiger partial charge is 0.319 e. The molecule has 0 atom stereocenters. The third-order valence-corrected chi connectivity index (χ3v) is 4.19. The van der Waals surface area contributed by atoms with Crippen LogP contribution in [0.2, 0.25) is 5.02 Å². The second-order valence-electron chi connectivity index (χ2n) is 5.53. The second-order valence-corrected chi connectivity index (χ2v) is 5.93. The van der Waals surface area contributed by atoms with E-state index in [-0.39, 0.29) is 6.54 Å². The van der Waals surface area contributed by atoms with Gasteiger partial charge in [0.1, 0.15) is 5.41 Å². The summed E-state index contributed by atoms with van der Waals surface area (Å²) in [5.41, 5.74) is -0.501. The number of fused-ring (bicyclic) bond motifs is 1. The number of carboxylic acids is 1. The molecule has 0 saturated heterocycles. The molecule has 3 rings (SSSR count). The quantitative estimate of drug-likeness (QED) is 0.827. The number of amides is 1. The van der Waals surface area contributed by atoms with Gasteiger partial charge in [0.2, 0.25) is 5.91 Å². The molecule has 0 radical (unpaired) electrons. The van der Waals surface area contributed by atoms with Gasteiger partial charge in [0.05, 0.1) is 18.2 Å². The highest BCUT2D eigenvalue weighted by atomic mass is 35.5. The molecule has 1 saturated carbocycles. The Morgan fingerprint density at radius 3 is 2.68 bits per heavy atom. The highest BCUT2D eigenvalue weighted by Gasteiger charge is 2.56. The number of carboxylic acid groups (broad SMARTS) is 1. The Labute approximate surface area is 132 Å². The van der Waals surface area contributed by atoms with Crippen molar-refractivity contribution >= 4 is 23.5 Å². The fourth-order valence-corrected chi connectivity index (χ4v) is 2.69. The van der Waals surface area contributed by atoms with Crippen LogP contribution in [0.3, 0.4) is 0 Å². The van der Waals surface area contributed by atoms with E-state index in [1.165, 1.54) is 0 Å². The fraction of sp³-hybridized carbons (Fsp3) is 0.467. The number of benzene rings is 1. The maximum Gasteiger partial charge on any atom is 0.319 e. The molecule has 0 unspecified atom stereocenters. The highest BCUT2D eigenvalue weighted by Crippen LogP contribution is 2.46. The third-order valence-electron chi connectivity index (χ3n) is 3.91. The molecule has 2 aliphatic rings. The first-order valence-electron chi connectivity index (χ1n) is 7.13. The summed E-state index contributed by atoms with van der Waals surface area (Å²) in [5, 5.41) is 12.2. The van der Waals surface area contributed by atoms with E-state index in [1.807, 2.05) is 0 Å². The summed E-state index contributed by atoms with van der Waals surface area (Å²) in [6.07, 6.45) is 1.55. The van der Waals surface area contributed by atoms with E-state index >= 15 is 0 Å². The van der Waals surface area contributed by atoms with Crippen molar-refractivity contribution in [3.63, 3.8) is 0 Å². The number of rotatable bonds is 4. The van der Waals surface area contributed by atoms with Gasteiger partial charge in [0.25, 0.3) is 0 Å². The molecule has 0 bridgehead atoms. The van der Waals surface area contributed by atoms with Crippen LogP contribution in [-0.4, -0.2) is 30.2 Å². The lowest BCUT2D eigenvalue weighted by Gasteiger charge is -2.14. The van der Waals surface area contributed by atoms with Gasteiger partial charge in [0.15, 0.2) is 11.5 Å². The van der Waals surface area contributed by atoms with Crippen LogP contribution >= 0.6 is 11.6 Å². The van der Waals surface area contributed by atoms with Gasteiger partial charge in [-0.25, -0.2) is 0 Å². The molecule has 22 heavy (non-hydrogen) atoms. The molecule has 1 aromatic rings. The largest absolute Gasteiger partial charge is 0.489 e. The first kappa shape index (κ1) is 15.0. The highest BCUT2D eigenvalue weighted by molar-refractivity contribution is 6.32. The summed E-state index contributed by atoms with van der Waals surface area (Å²) >= 11 is 6.18. The first-order valence-corrected chi connectivity index (χ1v) is 7.50. The number of nitrogens with one attached hydrogen (secondary N) is 1. The second kappa shape index (κ2) is 5.68. The van der Waals surface area contributed by atoms with E-state index in [2.05, 4.69) is 5.32 Å². The Hall–Kier alpha value is -1.95. The minimum atomic E-state index is -1.24. The number of aliphatic carboxylic acids is 1. The van der Waals surface area contributed by atoms with E-state index in [1.54, 1.807) is 12.1 Å². The van der Waals surface area contributed by atoms with Crippen molar-refractivity contribution in [1.82, 2.24) is 5.32 Å². The topological polar surface area (TPSA) is 84.9 Å². The van der Waals surface area contributed by atoms with Crippen molar-refractivity contribution < 1.29 is 24.2 Å². The summed E-state index contributed by atoms with van der Waals surface area (Å²) in [6.45, 7) is 1.29. The van der Waals surface area contributed by atoms with Gasteiger partial charge in [-0.2, -0.15) is 0 Å². The molecule has 1 aliphatic carbocycles. The minimum Gasteiger partial charge on any atom is -0.489 e. The SMILES string of the molecule is O=C(O)C1(C(=O)NCc2cc(Cl)c3c(c2)OCCCO3)CC1. The van der Waals surface area contributed by atoms with Crippen LogP contribution in [0.5, 0.6) is 11.5 Å². The number of carbonyl (C=O) groups is 2. The van der Waals surface area contributed by atoms with Gasteiger partial charge in [-0.1, -0.05) is 11.6 Å². The fourth-order valence-electron chi connectivity index (χ4n) is 2.40. The number of halogens is 1. The zero-order chi connectivity index (χ0) is 15.7. The zero-order valence-electron chi connectivity index (χ0n) is 11.9. The molecule has 118 valence electrons. The molecule has 6 nitrogen and oxygen atoms in total. The minimum absolute atomic E-state index is 0.199. The Morgan fingerprint density at radius 1 is 1.27 bits per heavy atom. The summed E-state index contributed by atoms with van der Waals surface area (Å²) in [4.78, 5) is 23.1. The Kier molecular flexibility index (Phi) is 3.87. The van der Waals surface area contributed by atoms with Crippen LogP contribution in [0, 0.1) is 5.41 Å².